The fourth-order valence-corrected chi connectivity index (χ4v) is 2.51. The summed E-state index contributed by atoms with van der Waals surface area (Å²) in [5, 5.41) is 10.0. The van der Waals surface area contributed by atoms with Crippen LogP contribution in [-0.2, 0) is 12.8 Å². The van der Waals surface area contributed by atoms with Crippen LogP contribution in [0, 0.1) is 0 Å². The van der Waals surface area contributed by atoms with Gasteiger partial charge in [-0.3, -0.25) is 0 Å². The number of halogens is 2. The quantitative estimate of drug-likeness (QED) is 0.732. The Morgan fingerprint density at radius 1 is 0.826 bits per heavy atom. The van der Waals surface area contributed by atoms with Gasteiger partial charge in [-0.15, -0.1) is 0 Å². The van der Waals surface area contributed by atoms with Crippen molar-refractivity contribution in [2.45, 2.75) is 37.0 Å². The van der Waals surface area contributed by atoms with E-state index in [1.165, 1.54) is 0 Å². The van der Waals surface area contributed by atoms with Gasteiger partial charge in [0.05, 0.1) is 6.04 Å². The summed E-state index contributed by atoms with van der Waals surface area (Å²) in [6.07, 6.45) is -1.86. The molecular weight excluding hydrogens is 298 g/mol. The molecule has 3 nitrogen and oxygen atoms in total. The van der Waals surface area contributed by atoms with Gasteiger partial charge in [-0.2, -0.15) is 0 Å². The molecular formula is C18H22F2N2O. The number of nitrogens with two attached hydrogens (primary N) is 2. The number of hydrogen-bond acceptors (Lipinski definition) is 3. The molecule has 0 saturated heterocycles. The van der Waals surface area contributed by atoms with Crippen LogP contribution in [0.5, 0.6) is 0 Å². The molecule has 3 unspecified atom stereocenters. The second-order valence-electron chi connectivity index (χ2n) is 5.77. The molecule has 0 amide bonds. The summed E-state index contributed by atoms with van der Waals surface area (Å²) in [6.45, 7) is 0. The lowest BCUT2D eigenvalue weighted by molar-refractivity contribution is -0.132. The zero-order valence-corrected chi connectivity index (χ0v) is 12.8. The Morgan fingerprint density at radius 2 is 1.26 bits per heavy atom. The number of alkyl halides is 2. The molecule has 124 valence electrons. The van der Waals surface area contributed by atoms with Crippen LogP contribution in [0.1, 0.15) is 11.1 Å². The minimum absolute atomic E-state index is 0.0248. The molecule has 0 bridgehead atoms. The predicted molar refractivity (Wildman–Crippen MR) is 87.2 cm³/mol. The first-order chi connectivity index (χ1) is 10.9. The Bertz CT molecular complexity index is 592. The standard InChI is InChI=1S/C18H22F2N2O/c19-18(20,16(22)12-14-9-5-2-6-10-14)17(23)15(21)11-13-7-3-1-4-8-13/h1-10,15-17,23H,11-12,21-22H2. The maximum Gasteiger partial charge on any atom is 0.289 e. The van der Waals surface area contributed by atoms with Crippen molar-refractivity contribution in [2.75, 3.05) is 0 Å². The van der Waals surface area contributed by atoms with E-state index in [9.17, 15) is 13.9 Å². The van der Waals surface area contributed by atoms with Crippen molar-refractivity contribution in [1.29, 1.82) is 0 Å². The first-order valence-corrected chi connectivity index (χ1v) is 7.56. The van der Waals surface area contributed by atoms with E-state index in [0.29, 0.717) is 5.56 Å². The highest BCUT2D eigenvalue weighted by Crippen LogP contribution is 2.27. The summed E-state index contributed by atoms with van der Waals surface area (Å²) in [5.74, 6) is -3.47. The largest absolute Gasteiger partial charge is 0.385 e. The first kappa shape index (κ1) is 17.5. The van der Waals surface area contributed by atoms with Crippen LogP contribution >= 0.6 is 0 Å². The first-order valence-electron chi connectivity index (χ1n) is 7.56. The molecule has 2 rings (SSSR count). The van der Waals surface area contributed by atoms with Crippen LogP contribution in [0.2, 0.25) is 0 Å². The molecule has 5 heteroatoms. The highest BCUT2D eigenvalue weighted by molar-refractivity contribution is 5.18. The fourth-order valence-electron chi connectivity index (χ4n) is 2.51. The molecule has 0 aliphatic carbocycles. The van der Waals surface area contributed by atoms with E-state index in [2.05, 4.69) is 0 Å². The molecule has 5 N–H and O–H groups in total. The number of hydrogen-bond donors (Lipinski definition) is 3. The Balaban J connectivity index is 2.01. The molecule has 0 radical (unpaired) electrons. The maximum atomic E-state index is 14.4. The molecule has 0 fully saturated rings. The van der Waals surface area contributed by atoms with Gasteiger partial charge in [0.1, 0.15) is 6.10 Å². The van der Waals surface area contributed by atoms with Crippen LogP contribution in [-0.4, -0.2) is 29.2 Å². The van der Waals surface area contributed by atoms with Gasteiger partial charge in [0.25, 0.3) is 5.92 Å². The Labute approximate surface area is 134 Å². The normalized spacial score (nSPS) is 15.9. The summed E-state index contributed by atoms with van der Waals surface area (Å²) >= 11 is 0. The van der Waals surface area contributed by atoms with E-state index in [4.69, 9.17) is 11.5 Å². The third kappa shape index (κ3) is 4.58. The lowest BCUT2D eigenvalue weighted by Crippen LogP contribution is -2.57. The highest BCUT2D eigenvalue weighted by atomic mass is 19.3. The smallest absolute Gasteiger partial charge is 0.289 e. The van der Waals surface area contributed by atoms with Crippen molar-refractivity contribution in [2.24, 2.45) is 11.5 Å². The average Bonchev–Trinajstić information content (AvgIpc) is 2.55. The topological polar surface area (TPSA) is 72.3 Å². The molecule has 2 aromatic rings. The van der Waals surface area contributed by atoms with Crippen LogP contribution in [0.15, 0.2) is 60.7 Å². The SMILES string of the molecule is NC(Cc1ccccc1)C(O)C(F)(F)C(N)Cc1ccccc1. The molecule has 2 aromatic carbocycles. The van der Waals surface area contributed by atoms with Gasteiger partial charge >= 0.3 is 0 Å². The molecule has 23 heavy (non-hydrogen) atoms. The average molecular weight is 320 g/mol. The van der Waals surface area contributed by atoms with Crippen molar-refractivity contribution in [3.8, 4) is 0 Å². The summed E-state index contributed by atoms with van der Waals surface area (Å²) in [7, 11) is 0. The summed E-state index contributed by atoms with van der Waals surface area (Å²) in [5.41, 5.74) is 12.9. The number of benzene rings is 2. The van der Waals surface area contributed by atoms with Gasteiger partial charge in [0.2, 0.25) is 0 Å². The van der Waals surface area contributed by atoms with Gasteiger partial charge in [-0.25, -0.2) is 8.78 Å². The third-order valence-corrected chi connectivity index (χ3v) is 3.91. The van der Waals surface area contributed by atoms with Crippen molar-refractivity contribution in [3.05, 3.63) is 71.8 Å². The molecule has 0 aliphatic rings. The maximum absolute atomic E-state index is 14.4. The predicted octanol–water partition coefficient (Wildman–Crippen LogP) is 2.12. The zero-order valence-electron chi connectivity index (χ0n) is 12.8. The summed E-state index contributed by atoms with van der Waals surface area (Å²) < 4.78 is 28.8. The van der Waals surface area contributed by atoms with Crippen LogP contribution in [0.25, 0.3) is 0 Å². The van der Waals surface area contributed by atoms with E-state index in [1.54, 1.807) is 54.6 Å². The van der Waals surface area contributed by atoms with Gasteiger partial charge in [0, 0.05) is 6.04 Å². The van der Waals surface area contributed by atoms with E-state index < -0.39 is 24.1 Å². The van der Waals surface area contributed by atoms with E-state index >= 15 is 0 Å². The van der Waals surface area contributed by atoms with Gasteiger partial charge < -0.3 is 16.6 Å². The molecule has 0 spiro atoms. The lowest BCUT2D eigenvalue weighted by Gasteiger charge is -2.31. The van der Waals surface area contributed by atoms with Gasteiger partial charge in [-0.05, 0) is 24.0 Å². The minimum Gasteiger partial charge on any atom is -0.385 e. The molecule has 0 aliphatic heterocycles. The summed E-state index contributed by atoms with van der Waals surface area (Å²) in [4.78, 5) is 0. The molecule has 0 saturated carbocycles. The second kappa shape index (κ2) is 7.64. The third-order valence-electron chi connectivity index (χ3n) is 3.91. The minimum atomic E-state index is -3.47. The van der Waals surface area contributed by atoms with Crippen LogP contribution in [0.4, 0.5) is 8.78 Å². The van der Waals surface area contributed by atoms with Gasteiger partial charge in [0.15, 0.2) is 0 Å². The van der Waals surface area contributed by atoms with Crippen molar-refractivity contribution < 1.29 is 13.9 Å². The van der Waals surface area contributed by atoms with Crippen molar-refractivity contribution in [3.63, 3.8) is 0 Å². The van der Waals surface area contributed by atoms with Crippen LogP contribution < -0.4 is 11.5 Å². The number of rotatable bonds is 7. The summed E-state index contributed by atoms with van der Waals surface area (Å²) in [6, 6.07) is 15.2. The van der Waals surface area contributed by atoms with Gasteiger partial charge in [-0.1, -0.05) is 60.7 Å². The number of aliphatic hydroxyl groups excluding tert-OH is 1. The highest BCUT2D eigenvalue weighted by Gasteiger charge is 2.47. The molecule has 3 atom stereocenters. The van der Waals surface area contributed by atoms with Crippen molar-refractivity contribution >= 4 is 0 Å². The van der Waals surface area contributed by atoms with E-state index in [-0.39, 0.29) is 12.8 Å². The number of aliphatic hydroxyl groups is 1. The monoisotopic (exact) mass is 320 g/mol. The fraction of sp³-hybridized carbons (Fsp3) is 0.333. The molecule has 0 heterocycles. The van der Waals surface area contributed by atoms with E-state index in [0.717, 1.165) is 5.56 Å². The van der Waals surface area contributed by atoms with Crippen molar-refractivity contribution in [1.82, 2.24) is 0 Å². The van der Waals surface area contributed by atoms with E-state index in [1.807, 2.05) is 6.07 Å². The molecule has 0 aromatic heterocycles. The Morgan fingerprint density at radius 3 is 1.74 bits per heavy atom. The zero-order chi connectivity index (χ0) is 16.9. The lowest BCUT2D eigenvalue weighted by atomic mass is 9.91. The van der Waals surface area contributed by atoms with Crippen LogP contribution in [0.3, 0.4) is 0 Å². The Kier molecular flexibility index (Phi) is 5.82. The Hall–Kier alpha value is -1.82. The second-order valence-corrected chi connectivity index (χ2v) is 5.77.